The van der Waals surface area contributed by atoms with Gasteiger partial charge in [0.15, 0.2) is 0 Å². The van der Waals surface area contributed by atoms with Gasteiger partial charge in [0.1, 0.15) is 0 Å². The second-order valence-electron chi connectivity index (χ2n) is 5.14. The second kappa shape index (κ2) is 7.26. The van der Waals surface area contributed by atoms with Gasteiger partial charge in [-0.2, -0.15) is 0 Å². The molecule has 2 aliphatic heterocycles. The van der Waals surface area contributed by atoms with Gasteiger partial charge in [-0.05, 0) is 31.8 Å². The molecule has 0 aliphatic carbocycles. The molecule has 106 valence electrons. The molecule has 0 aromatic heterocycles. The van der Waals surface area contributed by atoms with Crippen molar-refractivity contribution < 1.29 is 9.47 Å². The molecule has 0 saturated carbocycles. The Morgan fingerprint density at radius 2 is 1.74 bits per heavy atom. The first-order valence-corrected chi connectivity index (χ1v) is 8.69. The number of alkyl halides is 2. The molecule has 0 spiro atoms. The van der Waals surface area contributed by atoms with Crippen LogP contribution in [0.2, 0.25) is 0 Å². The Balaban J connectivity index is 1.87. The minimum atomic E-state index is 0.199. The highest BCUT2D eigenvalue weighted by Crippen LogP contribution is 2.38. The molecular weight excluding hydrogens is 372 g/mol. The molecule has 0 aromatic carbocycles. The molecule has 0 N–H and O–H groups in total. The third-order valence-corrected chi connectivity index (χ3v) is 5.75. The van der Waals surface area contributed by atoms with Crippen LogP contribution in [0.1, 0.15) is 32.6 Å². The summed E-state index contributed by atoms with van der Waals surface area (Å²) in [5.41, 5.74) is 0. The number of allylic oxidation sites excluding steroid dienone is 1. The summed E-state index contributed by atoms with van der Waals surface area (Å²) in [6, 6.07) is 0. The van der Waals surface area contributed by atoms with E-state index in [2.05, 4.69) is 44.7 Å². The maximum Gasteiger partial charge on any atom is 0.0853 e. The van der Waals surface area contributed by atoms with Crippen LogP contribution < -0.4 is 0 Å². The molecule has 0 unspecified atom stereocenters. The van der Waals surface area contributed by atoms with Gasteiger partial charge >= 0.3 is 0 Å². The summed E-state index contributed by atoms with van der Waals surface area (Å²) in [5, 5.41) is 0. The Morgan fingerprint density at radius 1 is 1.16 bits per heavy atom. The number of hydrogen-bond acceptors (Lipinski definition) is 2. The smallest absolute Gasteiger partial charge is 0.0853 e. The summed E-state index contributed by atoms with van der Waals surface area (Å²) in [7, 11) is 0. The van der Waals surface area contributed by atoms with Gasteiger partial charge in [0.05, 0.1) is 24.4 Å². The number of halogens is 2. The second-order valence-corrected chi connectivity index (χ2v) is 7.49. The summed E-state index contributed by atoms with van der Waals surface area (Å²) in [4.78, 5) is 0.846. The molecule has 0 aromatic rings. The van der Waals surface area contributed by atoms with E-state index >= 15 is 0 Å². The molecule has 2 fully saturated rings. The standard InChI is InChI=1S/C15H20Br2O2/c1-3-5-6-7-13-11(17)9-15(19-13)14-8-10(16)12(4-2)18-14/h1,5-6,10-15H,4,7-9H2,2H3/b6-5-/t10-,11+,12+,13-,14-,15-/m0/s1. The van der Waals surface area contributed by atoms with Crippen molar-refractivity contribution in [1.29, 1.82) is 0 Å². The van der Waals surface area contributed by atoms with E-state index in [1.807, 2.05) is 6.08 Å². The van der Waals surface area contributed by atoms with E-state index in [4.69, 9.17) is 15.9 Å². The molecular formula is C15H20Br2O2. The highest BCUT2D eigenvalue weighted by atomic mass is 79.9. The van der Waals surface area contributed by atoms with Gasteiger partial charge in [-0.15, -0.1) is 6.42 Å². The molecule has 4 heteroatoms. The van der Waals surface area contributed by atoms with Crippen molar-refractivity contribution in [2.75, 3.05) is 0 Å². The zero-order chi connectivity index (χ0) is 13.8. The lowest BCUT2D eigenvalue weighted by atomic mass is 10.1. The number of terminal acetylenes is 1. The van der Waals surface area contributed by atoms with Crippen LogP contribution in [-0.4, -0.2) is 34.1 Å². The molecule has 0 bridgehead atoms. The van der Waals surface area contributed by atoms with Gasteiger partial charge < -0.3 is 9.47 Å². The van der Waals surface area contributed by atoms with Crippen LogP contribution in [0.3, 0.4) is 0 Å². The first-order chi connectivity index (χ1) is 9.15. The fraction of sp³-hybridized carbons (Fsp3) is 0.733. The van der Waals surface area contributed by atoms with E-state index in [-0.39, 0.29) is 18.3 Å². The number of hydrogen-bond donors (Lipinski definition) is 0. The molecule has 2 heterocycles. The largest absolute Gasteiger partial charge is 0.371 e. The lowest BCUT2D eigenvalue weighted by Gasteiger charge is -2.19. The summed E-state index contributed by atoms with van der Waals surface area (Å²) < 4.78 is 12.2. The average Bonchev–Trinajstić information content (AvgIpc) is 2.93. The van der Waals surface area contributed by atoms with E-state index in [0.717, 1.165) is 25.7 Å². The lowest BCUT2D eigenvalue weighted by Crippen LogP contribution is -2.26. The Bertz CT molecular complexity index is 364. The van der Waals surface area contributed by atoms with Gasteiger partial charge in [-0.25, -0.2) is 0 Å². The molecule has 2 saturated heterocycles. The summed E-state index contributed by atoms with van der Waals surface area (Å²) >= 11 is 7.42. The predicted molar refractivity (Wildman–Crippen MR) is 84.9 cm³/mol. The van der Waals surface area contributed by atoms with E-state index in [1.165, 1.54) is 0 Å². The molecule has 6 atom stereocenters. The quantitative estimate of drug-likeness (QED) is 0.535. The molecule has 2 aliphatic rings. The van der Waals surface area contributed by atoms with Crippen LogP contribution in [0.5, 0.6) is 0 Å². The number of rotatable bonds is 4. The van der Waals surface area contributed by atoms with Crippen molar-refractivity contribution in [3.63, 3.8) is 0 Å². The van der Waals surface area contributed by atoms with Gasteiger partial charge in [-0.1, -0.05) is 50.8 Å². The van der Waals surface area contributed by atoms with Crippen molar-refractivity contribution in [2.45, 2.75) is 66.7 Å². The van der Waals surface area contributed by atoms with E-state index < -0.39 is 0 Å². The molecule has 2 nitrogen and oxygen atoms in total. The maximum atomic E-state index is 6.13. The first-order valence-electron chi connectivity index (χ1n) is 6.85. The van der Waals surface area contributed by atoms with Crippen LogP contribution in [0.25, 0.3) is 0 Å². The fourth-order valence-corrected chi connectivity index (χ4v) is 4.36. The van der Waals surface area contributed by atoms with Crippen molar-refractivity contribution in [3.05, 3.63) is 12.2 Å². The number of ether oxygens (including phenoxy) is 2. The van der Waals surface area contributed by atoms with Gasteiger partial charge in [0.2, 0.25) is 0 Å². The minimum Gasteiger partial charge on any atom is -0.371 e. The van der Waals surface area contributed by atoms with Crippen molar-refractivity contribution >= 4 is 31.9 Å². The highest BCUT2D eigenvalue weighted by Gasteiger charge is 2.43. The summed E-state index contributed by atoms with van der Waals surface area (Å²) in [5.74, 6) is 2.51. The fourth-order valence-electron chi connectivity index (χ4n) is 2.78. The van der Waals surface area contributed by atoms with Crippen LogP contribution in [-0.2, 0) is 9.47 Å². The monoisotopic (exact) mass is 390 g/mol. The van der Waals surface area contributed by atoms with Crippen LogP contribution in [0.15, 0.2) is 12.2 Å². The topological polar surface area (TPSA) is 18.5 Å². The van der Waals surface area contributed by atoms with Crippen molar-refractivity contribution in [3.8, 4) is 12.3 Å². The lowest BCUT2D eigenvalue weighted by molar-refractivity contribution is -0.0640. The zero-order valence-electron chi connectivity index (χ0n) is 11.1. The Morgan fingerprint density at radius 3 is 2.26 bits per heavy atom. The summed E-state index contributed by atoms with van der Waals surface area (Å²) in [6.45, 7) is 2.16. The SMILES string of the molecule is C#C/C=C\C[C@@H]1O[C@H]([C@@H]2C[C@H](Br)[C@@H](CC)O2)C[C@H]1Br. The normalized spacial score (nSPS) is 42.8. The Kier molecular flexibility index (Phi) is 5.95. The summed E-state index contributed by atoms with van der Waals surface area (Å²) in [6.07, 6.45) is 13.8. The molecule has 0 amide bonds. The van der Waals surface area contributed by atoms with E-state index in [1.54, 1.807) is 6.08 Å². The minimum absolute atomic E-state index is 0.199. The van der Waals surface area contributed by atoms with Crippen molar-refractivity contribution in [1.82, 2.24) is 0 Å². The molecule has 19 heavy (non-hydrogen) atoms. The van der Waals surface area contributed by atoms with Gasteiger partial charge in [-0.3, -0.25) is 0 Å². The maximum absolute atomic E-state index is 6.13. The van der Waals surface area contributed by atoms with Crippen LogP contribution >= 0.6 is 31.9 Å². The van der Waals surface area contributed by atoms with Gasteiger partial charge in [0.25, 0.3) is 0 Å². The first kappa shape index (κ1) is 15.6. The van der Waals surface area contributed by atoms with Gasteiger partial charge in [0, 0.05) is 9.65 Å². The molecule has 2 rings (SSSR count). The van der Waals surface area contributed by atoms with Crippen molar-refractivity contribution in [2.24, 2.45) is 0 Å². The van der Waals surface area contributed by atoms with E-state index in [9.17, 15) is 0 Å². The third-order valence-electron chi connectivity index (χ3n) is 3.82. The third kappa shape index (κ3) is 3.85. The Labute approximate surface area is 132 Å². The predicted octanol–water partition coefficient (Wildman–Crippen LogP) is 3.82. The highest BCUT2D eigenvalue weighted by molar-refractivity contribution is 9.09. The Hall–Kier alpha value is 0.180. The van der Waals surface area contributed by atoms with Crippen LogP contribution in [0.4, 0.5) is 0 Å². The van der Waals surface area contributed by atoms with Crippen LogP contribution in [0, 0.1) is 12.3 Å². The molecule has 0 radical (unpaired) electrons. The zero-order valence-corrected chi connectivity index (χ0v) is 14.3. The van der Waals surface area contributed by atoms with E-state index in [0.29, 0.717) is 15.8 Å². The average molecular weight is 392 g/mol.